The van der Waals surface area contributed by atoms with Crippen molar-refractivity contribution in [1.29, 1.82) is 0 Å². The molecule has 0 saturated heterocycles. The van der Waals surface area contributed by atoms with E-state index in [0.717, 1.165) is 24.7 Å². The summed E-state index contributed by atoms with van der Waals surface area (Å²) in [7, 11) is 0. The summed E-state index contributed by atoms with van der Waals surface area (Å²) >= 11 is 0. The van der Waals surface area contributed by atoms with Crippen molar-refractivity contribution >= 4 is 0 Å². The lowest BCUT2D eigenvalue weighted by Gasteiger charge is -2.26. The van der Waals surface area contributed by atoms with Crippen molar-refractivity contribution < 1.29 is 0 Å². The molecule has 1 aliphatic carbocycles. The van der Waals surface area contributed by atoms with Crippen LogP contribution in [0.15, 0.2) is 70.4 Å². The van der Waals surface area contributed by atoms with E-state index in [1.807, 2.05) is 13.8 Å². The van der Waals surface area contributed by atoms with Crippen molar-refractivity contribution in [3.8, 4) is 0 Å². The molecule has 0 aromatic rings. The highest BCUT2D eigenvalue weighted by Crippen LogP contribution is 2.33. The minimum atomic E-state index is 0.754. The second kappa shape index (κ2) is 20.6. The molecule has 0 spiro atoms. The Morgan fingerprint density at radius 3 is 1.83 bits per heavy atom. The van der Waals surface area contributed by atoms with Crippen molar-refractivity contribution in [2.75, 3.05) is 0 Å². The Hall–Kier alpha value is -1.56. The van der Waals surface area contributed by atoms with E-state index in [-0.39, 0.29) is 0 Å². The van der Waals surface area contributed by atoms with Crippen LogP contribution < -0.4 is 0 Å². The minimum absolute atomic E-state index is 0.754. The third-order valence-corrected chi connectivity index (χ3v) is 6.79. The summed E-state index contributed by atoms with van der Waals surface area (Å²) in [5.74, 6) is 1.59. The molecule has 0 amide bonds. The molecule has 0 bridgehead atoms. The summed E-state index contributed by atoms with van der Waals surface area (Å²) in [6, 6.07) is 0. The van der Waals surface area contributed by atoms with Gasteiger partial charge >= 0.3 is 0 Å². The summed E-state index contributed by atoms with van der Waals surface area (Å²) < 4.78 is 0. The maximum Gasteiger partial charge on any atom is -0.0225 e. The van der Waals surface area contributed by atoms with Crippen LogP contribution in [0.2, 0.25) is 0 Å². The smallest absolute Gasteiger partial charge is 0.0225 e. The zero-order valence-electron chi connectivity index (χ0n) is 25.2. The van der Waals surface area contributed by atoms with E-state index in [1.54, 1.807) is 11.1 Å². The second-order valence-corrected chi connectivity index (χ2v) is 11.2. The van der Waals surface area contributed by atoms with Gasteiger partial charge in [-0.25, -0.2) is 0 Å². The van der Waals surface area contributed by atoms with E-state index in [2.05, 4.69) is 85.4 Å². The molecular weight excluding hydrogens is 420 g/mol. The molecule has 200 valence electrons. The zero-order valence-corrected chi connectivity index (χ0v) is 25.2. The average Bonchev–Trinajstić information content (AvgIpc) is 2.78. The lowest BCUT2D eigenvalue weighted by Crippen LogP contribution is -2.12. The first kappa shape index (κ1) is 33.4. The first-order chi connectivity index (χ1) is 16.7. The molecular formula is C35H60. The van der Waals surface area contributed by atoms with E-state index in [1.165, 1.54) is 86.5 Å². The first-order valence-electron chi connectivity index (χ1n) is 14.6. The molecule has 35 heavy (non-hydrogen) atoms. The van der Waals surface area contributed by atoms with Gasteiger partial charge in [0.25, 0.3) is 0 Å². The van der Waals surface area contributed by atoms with Gasteiger partial charge in [-0.2, -0.15) is 0 Å². The second-order valence-electron chi connectivity index (χ2n) is 11.2. The van der Waals surface area contributed by atoms with Crippen LogP contribution in [0.25, 0.3) is 0 Å². The van der Waals surface area contributed by atoms with Gasteiger partial charge in [0.05, 0.1) is 0 Å². The SMILES string of the molecule is C=C(CC/C=C(\C)CCC=C(C)C)CCC1C=C(CC/C=C(\C)CCC=C(C)C)CC(C)C1.CC. The quantitative estimate of drug-likeness (QED) is 0.204. The molecule has 0 aromatic heterocycles. The van der Waals surface area contributed by atoms with Crippen LogP contribution in [0.5, 0.6) is 0 Å². The number of hydrogen-bond acceptors (Lipinski definition) is 0. The van der Waals surface area contributed by atoms with Crippen LogP contribution in [-0.2, 0) is 0 Å². The lowest BCUT2D eigenvalue weighted by molar-refractivity contribution is 0.391. The summed E-state index contributed by atoms with van der Waals surface area (Å²) in [6.45, 7) is 24.1. The summed E-state index contributed by atoms with van der Waals surface area (Å²) in [5.41, 5.74) is 9.06. The molecule has 0 fully saturated rings. The molecule has 0 aromatic carbocycles. The summed E-state index contributed by atoms with van der Waals surface area (Å²) in [5, 5.41) is 0. The fourth-order valence-corrected chi connectivity index (χ4v) is 4.83. The Morgan fingerprint density at radius 1 is 0.771 bits per heavy atom. The van der Waals surface area contributed by atoms with Gasteiger partial charge < -0.3 is 0 Å². The van der Waals surface area contributed by atoms with Gasteiger partial charge in [-0.15, -0.1) is 0 Å². The number of rotatable bonds is 15. The fraction of sp³-hybridized carbons (Fsp3) is 0.657. The van der Waals surface area contributed by atoms with Crippen LogP contribution in [0, 0.1) is 11.8 Å². The highest BCUT2D eigenvalue weighted by molar-refractivity contribution is 5.12. The predicted octanol–water partition coefficient (Wildman–Crippen LogP) is 12.3. The topological polar surface area (TPSA) is 0 Å². The summed E-state index contributed by atoms with van der Waals surface area (Å²) in [4.78, 5) is 0. The number of allylic oxidation sites excluding steroid dienone is 11. The molecule has 0 nitrogen and oxygen atoms in total. The van der Waals surface area contributed by atoms with Crippen LogP contribution >= 0.6 is 0 Å². The fourth-order valence-electron chi connectivity index (χ4n) is 4.83. The van der Waals surface area contributed by atoms with Crippen molar-refractivity contribution in [3.63, 3.8) is 0 Å². The highest BCUT2D eigenvalue weighted by atomic mass is 14.2. The van der Waals surface area contributed by atoms with Crippen LogP contribution in [0.3, 0.4) is 0 Å². The van der Waals surface area contributed by atoms with Crippen LogP contribution in [-0.4, -0.2) is 0 Å². The molecule has 2 atom stereocenters. The molecule has 1 aliphatic rings. The van der Waals surface area contributed by atoms with Crippen molar-refractivity contribution in [1.82, 2.24) is 0 Å². The Balaban J connectivity index is 0.00000562. The summed E-state index contributed by atoms with van der Waals surface area (Å²) in [6.07, 6.45) is 26.9. The van der Waals surface area contributed by atoms with E-state index < -0.39 is 0 Å². The van der Waals surface area contributed by atoms with E-state index >= 15 is 0 Å². The lowest BCUT2D eigenvalue weighted by atomic mass is 9.79. The van der Waals surface area contributed by atoms with Crippen molar-refractivity contribution in [2.45, 2.75) is 139 Å². The Labute approximate surface area is 221 Å². The van der Waals surface area contributed by atoms with Gasteiger partial charge in [0.15, 0.2) is 0 Å². The average molecular weight is 481 g/mol. The molecule has 0 heterocycles. The third kappa shape index (κ3) is 19.3. The standard InChI is InChI=1S/C33H54.C2H6/c1-26(2)13-9-15-28(5)17-11-18-30(7)21-22-33-24-31(8)23-32(25-33)20-12-19-29(6)16-10-14-27(3)4;1-2/h13-14,17,19,25,31,33H,7,9-12,15-16,18,20-24H2,1-6,8H3;1-2H3/b28-17+,29-19+;. The molecule has 0 heteroatoms. The zero-order chi connectivity index (χ0) is 26.6. The van der Waals surface area contributed by atoms with Gasteiger partial charge in [-0.05, 0) is 130 Å². The number of hydrogen-bond donors (Lipinski definition) is 0. The van der Waals surface area contributed by atoms with E-state index in [4.69, 9.17) is 0 Å². The Kier molecular flexibility index (Phi) is 19.7. The molecule has 0 radical (unpaired) electrons. The molecule has 2 unspecified atom stereocenters. The normalized spacial score (nSPS) is 18.3. The highest BCUT2D eigenvalue weighted by Gasteiger charge is 2.19. The van der Waals surface area contributed by atoms with Gasteiger partial charge in [0, 0.05) is 0 Å². The van der Waals surface area contributed by atoms with Gasteiger partial charge in [0.1, 0.15) is 0 Å². The van der Waals surface area contributed by atoms with E-state index in [9.17, 15) is 0 Å². The van der Waals surface area contributed by atoms with Gasteiger partial charge in [0.2, 0.25) is 0 Å². The maximum atomic E-state index is 4.39. The third-order valence-electron chi connectivity index (χ3n) is 6.79. The minimum Gasteiger partial charge on any atom is -0.0999 e. The van der Waals surface area contributed by atoms with Crippen LogP contribution in [0.4, 0.5) is 0 Å². The van der Waals surface area contributed by atoms with Crippen molar-refractivity contribution in [3.05, 3.63) is 70.4 Å². The molecule has 1 rings (SSSR count). The molecule has 0 saturated carbocycles. The first-order valence-corrected chi connectivity index (χ1v) is 14.6. The monoisotopic (exact) mass is 480 g/mol. The Morgan fingerprint density at radius 2 is 1.29 bits per heavy atom. The maximum absolute atomic E-state index is 4.39. The largest absolute Gasteiger partial charge is 0.0999 e. The molecule has 0 N–H and O–H groups in total. The van der Waals surface area contributed by atoms with E-state index in [0.29, 0.717) is 0 Å². The predicted molar refractivity (Wildman–Crippen MR) is 163 cm³/mol. The van der Waals surface area contributed by atoms with Crippen molar-refractivity contribution in [2.24, 2.45) is 11.8 Å². The Bertz CT molecular complexity index is 726. The van der Waals surface area contributed by atoms with Gasteiger partial charge in [-0.3, -0.25) is 0 Å². The van der Waals surface area contributed by atoms with Crippen LogP contribution in [0.1, 0.15) is 139 Å². The van der Waals surface area contributed by atoms with Gasteiger partial charge in [-0.1, -0.05) is 91.2 Å². The molecule has 0 aliphatic heterocycles.